The van der Waals surface area contributed by atoms with Gasteiger partial charge in [-0.15, -0.1) is 0 Å². The van der Waals surface area contributed by atoms with Gasteiger partial charge < -0.3 is 9.30 Å². The molecule has 1 unspecified atom stereocenters. The highest BCUT2D eigenvalue weighted by molar-refractivity contribution is 5.93. The molecule has 164 valence electrons. The third-order valence-electron chi connectivity index (χ3n) is 4.93. The van der Waals surface area contributed by atoms with E-state index in [0.29, 0.717) is 22.6 Å². The first-order chi connectivity index (χ1) is 14.6. The summed E-state index contributed by atoms with van der Waals surface area (Å²) in [6, 6.07) is 5.37. The van der Waals surface area contributed by atoms with Gasteiger partial charge >= 0.3 is 0 Å². The third-order valence-corrected chi connectivity index (χ3v) is 4.93. The molecular weight excluding hydrogens is 400 g/mol. The van der Waals surface area contributed by atoms with Crippen LogP contribution in [-0.2, 0) is 0 Å². The van der Waals surface area contributed by atoms with Gasteiger partial charge in [-0.3, -0.25) is 4.79 Å². The standard InChI is InChI=1S/C23H27F2N5O/c1-6-26-30(17(4)5)20(11-16(2)3)18-12-23(24,25)15-29(13-18)22(31)19-14-28-10-8-7-9-21(28)27-19/h6-11,14,18H,2,4,12-13,15H2,1,3,5H3/b20-11-,26-6-. The molecule has 3 heterocycles. The summed E-state index contributed by atoms with van der Waals surface area (Å²) in [6.07, 6.45) is 6.21. The molecule has 1 aliphatic rings. The van der Waals surface area contributed by atoms with Gasteiger partial charge in [0.05, 0.1) is 6.54 Å². The maximum absolute atomic E-state index is 14.8. The first-order valence-electron chi connectivity index (χ1n) is 10.0. The summed E-state index contributed by atoms with van der Waals surface area (Å²) in [5.74, 6) is -4.23. The zero-order valence-corrected chi connectivity index (χ0v) is 18.1. The summed E-state index contributed by atoms with van der Waals surface area (Å²) >= 11 is 0. The number of hydrazone groups is 1. The van der Waals surface area contributed by atoms with Crippen LogP contribution in [0.2, 0.25) is 0 Å². The largest absolute Gasteiger partial charge is 0.331 e. The number of aromatic nitrogens is 2. The highest BCUT2D eigenvalue weighted by Gasteiger charge is 2.44. The lowest BCUT2D eigenvalue weighted by Gasteiger charge is -2.40. The second kappa shape index (κ2) is 8.83. The number of likely N-dealkylation sites (tertiary alicyclic amines) is 1. The van der Waals surface area contributed by atoms with Crippen molar-refractivity contribution in [1.29, 1.82) is 0 Å². The number of imidazole rings is 1. The van der Waals surface area contributed by atoms with Crippen LogP contribution < -0.4 is 0 Å². The third kappa shape index (κ3) is 5.07. The first-order valence-corrected chi connectivity index (χ1v) is 10.0. The molecule has 8 heteroatoms. The van der Waals surface area contributed by atoms with Gasteiger partial charge in [0, 0.05) is 48.9 Å². The van der Waals surface area contributed by atoms with Crippen LogP contribution in [0.3, 0.4) is 0 Å². The van der Waals surface area contributed by atoms with Crippen LogP contribution in [0.15, 0.2) is 71.9 Å². The van der Waals surface area contributed by atoms with Crippen LogP contribution >= 0.6 is 0 Å². The van der Waals surface area contributed by atoms with Crippen LogP contribution in [0.4, 0.5) is 8.78 Å². The summed E-state index contributed by atoms with van der Waals surface area (Å²) in [5.41, 5.74) is 2.53. The Balaban J connectivity index is 1.96. The van der Waals surface area contributed by atoms with Crippen molar-refractivity contribution >= 4 is 17.8 Å². The molecule has 1 aliphatic heterocycles. The van der Waals surface area contributed by atoms with Crippen molar-refractivity contribution in [2.24, 2.45) is 11.0 Å². The lowest BCUT2D eigenvalue weighted by molar-refractivity contribution is -0.0725. The van der Waals surface area contributed by atoms with E-state index in [0.717, 1.165) is 0 Å². The van der Waals surface area contributed by atoms with Crippen molar-refractivity contribution in [3.63, 3.8) is 0 Å². The Morgan fingerprint density at radius 3 is 2.71 bits per heavy atom. The normalized spacial score (nSPS) is 19.1. The van der Waals surface area contributed by atoms with Gasteiger partial charge in [-0.25, -0.2) is 18.8 Å². The average molecular weight is 427 g/mol. The fourth-order valence-electron chi connectivity index (χ4n) is 3.76. The van der Waals surface area contributed by atoms with E-state index < -0.39 is 30.7 Å². The molecule has 6 nitrogen and oxygen atoms in total. The van der Waals surface area contributed by atoms with Crippen molar-refractivity contribution in [2.75, 3.05) is 13.1 Å². The zero-order chi connectivity index (χ0) is 22.8. The summed E-state index contributed by atoms with van der Waals surface area (Å²) < 4.78 is 31.3. The topological polar surface area (TPSA) is 53.2 Å². The number of pyridine rings is 1. The van der Waals surface area contributed by atoms with E-state index in [1.165, 1.54) is 9.91 Å². The Labute approximate surface area is 180 Å². The van der Waals surface area contributed by atoms with Crippen LogP contribution in [0.1, 0.15) is 37.7 Å². The molecule has 2 aromatic rings. The summed E-state index contributed by atoms with van der Waals surface area (Å²) in [6.45, 7) is 12.5. The minimum Gasteiger partial charge on any atom is -0.331 e. The predicted molar refractivity (Wildman–Crippen MR) is 118 cm³/mol. The van der Waals surface area contributed by atoms with Crippen molar-refractivity contribution in [3.05, 3.63) is 72.5 Å². The number of hydrogen-bond donors (Lipinski definition) is 0. The molecule has 0 N–H and O–H groups in total. The van der Waals surface area contributed by atoms with Gasteiger partial charge in [-0.1, -0.05) is 24.8 Å². The van der Waals surface area contributed by atoms with Gasteiger partial charge in [0.25, 0.3) is 11.8 Å². The number of carbonyl (C=O) groups excluding carboxylic acids is 1. The number of alkyl halides is 2. The number of rotatable bonds is 6. The smallest absolute Gasteiger partial charge is 0.274 e. The number of fused-ring (bicyclic) bond motifs is 1. The van der Waals surface area contributed by atoms with E-state index >= 15 is 0 Å². The minimum absolute atomic E-state index is 0.115. The maximum Gasteiger partial charge on any atom is 0.274 e. The summed E-state index contributed by atoms with van der Waals surface area (Å²) in [4.78, 5) is 18.6. The predicted octanol–water partition coefficient (Wildman–Crippen LogP) is 4.73. The van der Waals surface area contributed by atoms with Crippen LogP contribution in [0, 0.1) is 5.92 Å². The van der Waals surface area contributed by atoms with Crippen molar-refractivity contribution in [2.45, 2.75) is 33.1 Å². The van der Waals surface area contributed by atoms with Gasteiger partial charge in [0.15, 0.2) is 0 Å². The van der Waals surface area contributed by atoms with Crippen molar-refractivity contribution in [1.82, 2.24) is 19.3 Å². The Morgan fingerprint density at radius 1 is 1.35 bits per heavy atom. The SMILES string of the molecule is C=C(C)/C=C(/C1CN(C(=O)c2cn3ccccc3n2)CC(F)(F)C1)N(/N=C\C)C(=C)C. The molecule has 0 bridgehead atoms. The lowest BCUT2D eigenvalue weighted by Crippen LogP contribution is -2.51. The van der Waals surface area contributed by atoms with Crippen LogP contribution in [0.25, 0.3) is 5.65 Å². The van der Waals surface area contributed by atoms with E-state index in [9.17, 15) is 13.6 Å². The molecule has 0 aromatic carbocycles. The molecule has 0 saturated carbocycles. The molecule has 1 saturated heterocycles. The number of amides is 1. The molecule has 1 fully saturated rings. The second-order valence-electron chi connectivity index (χ2n) is 7.87. The number of halogens is 2. The van der Waals surface area contributed by atoms with Gasteiger partial charge in [-0.2, -0.15) is 5.10 Å². The van der Waals surface area contributed by atoms with E-state index in [4.69, 9.17) is 0 Å². The monoisotopic (exact) mass is 427 g/mol. The van der Waals surface area contributed by atoms with Gasteiger partial charge in [0.1, 0.15) is 11.3 Å². The second-order valence-corrected chi connectivity index (χ2v) is 7.87. The van der Waals surface area contributed by atoms with Crippen molar-refractivity contribution in [3.8, 4) is 0 Å². The average Bonchev–Trinajstić information content (AvgIpc) is 3.12. The molecule has 0 spiro atoms. The molecule has 0 aliphatic carbocycles. The Hall–Kier alpha value is -3.29. The summed E-state index contributed by atoms with van der Waals surface area (Å²) in [5, 5.41) is 5.83. The zero-order valence-electron chi connectivity index (χ0n) is 18.1. The number of allylic oxidation sites excluding steroid dienone is 3. The molecule has 1 amide bonds. The van der Waals surface area contributed by atoms with E-state index in [2.05, 4.69) is 23.2 Å². The Morgan fingerprint density at radius 2 is 2.10 bits per heavy atom. The maximum atomic E-state index is 14.8. The van der Waals surface area contributed by atoms with Crippen molar-refractivity contribution < 1.29 is 13.6 Å². The highest BCUT2D eigenvalue weighted by atomic mass is 19.3. The fraction of sp³-hybridized carbons (Fsp3) is 0.348. The summed E-state index contributed by atoms with van der Waals surface area (Å²) in [7, 11) is 0. The van der Waals surface area contributed by atoms with E-state index in [1.807, 2.05) is 6.07 Å². The molecule has 31 heavy (non-hydrogen) atoms. The first kappa shape index (κ1) is 22.4. The minimum atomic E-state index is -3.05. The highest BCUT2D eigenvalue weighted by Crippen LogP contribution is 2.37. The Kier molecular flexibility index (Phi) is 6.38. The number of hydrogen-bond acceptors (Lipinski definition) is 4. The number of carbonyl (C=O) groups is 1. The molecule has 1 atom stereocenters. The number of nitrogens with zero attached hydrogens (tertiary/aromatic N) is 5. The lowest BCUT2D eigenvalue weighted by atomic mass is 9.90. The number of piperidine rings is 1. The fourth-order valence-corrected chi connectivity index (χ4v) is 3.76. The van der Waals surface area contributed by atoms with Crippen LogP contribution in [0.5, 0.6) is 0 Å². The van der Waals surface area contributed by atoms with Gasteiger partial charge in [0.2, 0.25) is 0 Å². The molecule has 3 rings (SSSR count). The molecular formula is C23H27F2N5O. The Bertz CT molecular complexity index is 1040. The quantitative estimate of drug-likeness (QED) is 0.380. The molecule has 0 radical (unpaired) electrons. The molecule has 2 aromatic heterocycles. The van der Waals surface area contributed by atoms with Gasteiger partial charge in [-0.05, 0) is 39.0 Å². The van der Waals surface area contributed by atoms with E-state index in [1.54, 1.807) is 62.0 Å². The van der Waals surface area contributed by atoms with E-state index in [-0.39, 0.29) is 12.2 Å². The van der Waals surface area contributed by atoms with Crippen LogP contribution in [-0.4, -0.2) is 50.4 Å².